The number of benzene rings is 2. The summed E-state index contributed by atoms with van der Waals surface area (Å²) in [7, 11) is -3.75. The van der Waals surface area contributed by atoms with Crippen LogP contribution >= 0.6 is 23.2 Å². The lowest BCUT2D eigenvalue weighted by molar-refractivity contribution is 0.592. The fourth-order valence-electron chi connectivity index (χ4n) is 1.83. The van der Waals surface area contributed by atoms with Gasteiger partial charge in [0.05, 0.1) is 4.90 Å². The van der Waals surface area contributed by atoms with E-state index in [0.717, 1.165) is 0 Å². The van der Waals surface area contributed by atoms with Crippen molar-refractivity contribution in [2.24, 2.45) is 4.99 Å². The van der Waals surface area contributed by atoms with Gasteiger partial charge in [-0.2, -0.15) is 0 Å². The molecule has 122 valence electrons. The summed E-state index contributed by atoms with van der Waals surface area (Å²) < 4.78 is 27.6. The van der Waals surface area contributed by atoms with Crippen molar-refractivity contribution in [1.29, 1.82) is 0 Å². The molecule has 4 nitrogen and oxygen atoms in total. The Bertz CT molecular complexity index is 799. The Kier molecular flexibility index (Phi) is 5.68. The van der Waals surface area contributed by atoms with E-state index in [1.54, 1.807) is 24.3 Å². The van der Waals surface area contributed by atoms with E-state index >= 15 is 0 Å². The van der Waals surface area contributed by atoms with E-state index in [1.807, 2.05) is 13.8 Å². The second-order valence-corrected chi connectivity index (χ2v) is 7.69. The molecule has 0 radical (unpaired) electrons. The Labute approximate surface area is 146 Å². The van der Waals surface area contributed by atoms with Crippen molar-refractivity contribution < 1.29 is 8.42 Å². The summed E-state index contributed by atoms with van der Waals surface area (Å²) in [6.45, 7) is 3.74. The van der Waals surface area contributed by atoms with Crippen molar-refractivity contribution in [1.82, 2.24) is 4.72 Å². The molecule has 0 saturated carbocycles. The molecule has 0 spiro atoms. The zero-order valence-corrected chi connectivity index (χ0v) is 15.0. The molecule has 0 unspecified atom stereocenters. The van der Waals surface area contributed by atoms with Crippen LogP contribution in [-0.4, -0.2) is 20.3 Å². The Hall–Kier alpha value is -1.56. The molecule has 0 fully saturated rings. The summed E-state index contributed by atoms with van der Waals surface area (Å²) in [5.74, 6) is 0.270. The van der Waals surface area contributed by atoms with Gasteiger partial charge in [0.15, 0.2) is 0 Å². The van der Waals surface area contributed by atoms with Crippen LogP contribution in [0.15, 0.2) is 58.4 Å². The predicted molar refractivity (Wildman–Crippen MR) is 94.9 cm³/mol. The van der Waals surface area contributed by atoms with Crippen LogP contribution in [0.5, 0.6) is 0 Å². The van der Waals surface area contributed by atoms with Gasteiger partial charge in [0.1, 0.15) is 5.84 Å². The normalized spacial score (nSPS) is 12.5. The quantitative estimate of drug-likeness (QED) is 0.649. The largest absolute Gasteiger partial charge is 0.265 e. The third-order valence-electron chi connectivity index (χ3n) is 2.86. The first-order valence-corrected chi connectivity index (χ1v) is 9.14. The highest BCUT2D eigenvalue weighted by molar-refractivity contribution is 7.90. The topological polar surface area (TPSA) is 58.5 Å². The second kappa shape index (κ2) is 7.34. The molecule has 0 amide bonds. The van der Waals surface area contributed by atoms with Gasteiger partial charge in [-0.3, -0.25) is 9.71 Å². The summed E-state index contributed by atoms with van der Waals surface area (Å²) in [6, 6.07) is 12.7. The van der Waals surface area contributed by atoms with Gasteiger partial charge < -0.3 is 0 Å². The Morgan fingerprint density at radius 1 is 0.957 bits per heavy atom. The standard InChI is InChI=1S/C16H16Cl2N2O2S/c1-11(2)19-16(12-3-5-13(17)6-4-12)20-23(21,22)15-9-7-14(18)8-10-15/h3-11H,1-2H3,(H,19,20). The molecular weight excluding hydrogens is 355 g/mol. The molecule has 1 N–H and O–H groups in total. The number of nitrogens with zero attached hydrogens (tertiary/aromatic N) is 1. The van der Waals surface area contributed by atoms with Crippen LogP contribution in [0.2, 0.25) is 10.0 Å². The van der Waals surface area contributed by atoms with Crippen molar-refractivity contribution >= 4 is 39.1 Å². The number of hydrogen-bond acceptors (Lipinski definition) is 3. The molecule has 0 bridgehead atoms. The van der Waals surface area contributed by atoms with Crippen LogP contribution in [-0.2, 0) is 10.0 Å². The maximum absolute atomic E-state index is 12.5. The average Bonchev–Trinajstić information content (AvgIpc) is 2.47. The van der Waals surface area contributed by atoms with Crippen LogP contribution in [0.4, 0.5) is 0 Å². The monoisotopic (exact) mass is 370 g/mol. The molecule has 7 heteroatoms. The van der Waals surface area contributed by atoms with E-state index in [9.17, 15) is 8.42 Å². The highest BCUT2D eigenvalue weighted by Crippen LogP contribution is 2.16. The summed E-state index contributed by atoms with van der Waals surface area (Å²) >= 11 is 11.7. The van der Waals surface area contributed by atoms with Crippen LogP contribution < -0.4 is 4.72 Å². The van der Waals surface area contributed by atoms with E-state index in [4.69, 9.17) is 23.2 Å². The maximum atomic E-state index is 12.5. The molecule has 0 heterocycles. The second-order valence-electron chi connectivity index (χ2n) is 5.14. The smallest absolute Gasteiger partial charge is 0.263 e. The molecule has 23 heavy (non-hydrogen) atoms. The fraction of sp³-hybridized carbons (Fsp3) is 0.188. The molecule has 0 saturated heterocycles. The summed E-state index contributed by atoms with van der Waals surface area (Å²) in [4.78, 5) is 4.48. The van der Waals surface area contributed by atoms with Crippen molar-refractivity contribution in [3.05, 3.63) is 64.1 Å². The van der Waals surface area contributed by atoms with E-state index in [2.05, 4.69) is 9.71 Å². The number of hydrogen-bond donors (Lipinski definition) is 1. The van der Waals surface area contributed by atoms with Gasteiger partial charge >= 0.3 is 0 Å². The van der Waals surface area contributed by atoms with Crippen molar-refractivity contribution in [2.75, 3.05) is 0 Å². The van der Waals surface area contributed by atoms with Crippen molar-refractivity contribution in [2.45, 2.75) is 24.8 Å². The molecule has 0 aromatic heterocycles. The van der Waals surface area contributed by atoms with Crippen LogP contribution in [0.3, 0.4) is 0 Å². The number of sulfonamides is 1. The molecule has 2 rings (SSSR count). The third-order valence-corrected chi connectivity index (χ3v) is 4.72. The number of halogens is 2. The highest BCUT2D eigenvalue weighted by atomic mass is 35.5. The minimum absolute atomic E-state index is 0.0754. The number of aliphatic imine (C=N–C) groups is 1. The molecular formula is C16H16Cl2N2O2S. The SMILES string of the molecule is CC(C)N=C(NS(=O)(=O)c1ccc(Cl)cc1)c1ccc(Cl)cc1. The maximum Gasteiger partial charge on any atom is 0.263 e. The first-order chi connectivity index (χ1) is 10.8. The van der Waals surface area contributed by atoms with Gasteiger partial charge in [0.25, 0.3) is 10.0 Å². The minimum atomic E-state index is -3.75. The summed E-state index contributed by atoms with van der Waals surface area (Å²) in [5, 5.41) is 1.04. The van der Waals surface area contributed by atoms with E-state index in [-0.39, 0.29) is 16.8 Å². The fourth-order valence-corrected chi connectivity index (χ4v) is 3.12. The molecule has 2 aromatic carbocycles. The van der Waals surface area contributed by atoms with E-state index in [0.29, 0.717) is 15.6 Å². The molecule has 0 aliphatic heterocycles. The van der Waals surface area contributed by atoms with E-state index < -0.39 is 10.0 Å². The number of rotatable bonds is 4. The van der Waals surface area contributed by atoms with Gasteiger partial charge in [-0.15, -0.1) is 0 Å². The first kappa shape index (κ1) is 17.8. The Morgan fingerprint density at radius 3 is 1.91 bits per heavy atom. The van der Waals surface area contributed by atoms with Crippen LogP contribution in [0, 0.1) is 0 Å². The predicted octanol–water partition coefficient (Wildman–Crippen LogP) is 4.13. The molecule has 2 aromatic rings. The Balaban J connectivity index is 2.38. The lowest BCUT2D eigenvalue weighted by Crippen LogP contribution is -2.32. The van der Waals surface area contributed by atoms with Gasteiger partial charge in [-0.25, -0.2) is 8.42 Å². The first-order valence-electron chi connectivity index (χ1n) is 6.90. The molecule has 0 aliphatic carbocycles. The van der Waals surface area contributed by atoms with Gasteiger partial charge in [-0.05, 0) is 62.4 Å². The van der Waals surface area contributed by atoms with Crippen molar-refractivity contribution in [3.63, 3.8) is 0 Å². The Morgan fingerprint density at radius 2 is 1.43 bits per heavy atom. The zero-order chi connectivity index (χ0) is 17.0. The van der Waals surface area contributed by atoms with Crippen LogP contribution in [0.1, 0.15) is 19.4 Å². The van der Waals surface area contributed by atoms with Gasteiger partial charge in [0.2, 0.25) is 0 Å². The van der Waals surface area contributed by atoms with E-state index in [1.165, 1.54) is 24.3 Å². The lowest BCUT2D eigenvalue weighted by Gasteiger charge is -2.13. The van der Waals surface area contributed by atoms with Crippen LogP contribution in [0.25, 0.3) is 0 Å². The average molecular weight is 371 g/mol. The summed E-state index contributed by atoms with van der Waals surface area (Å²) in [5.41, 5.74) is 0.639. The lowest BCUT2D eigenvalue weighted by atomic mass is 10.2. The summed E-state index contributed by atoms with van der Waals surface area (Å²) in [6.07, 6.45) is 0. The zero-order valence-electron chi connectivity index (χ0n) is 12.6. The third kappa shape index (κ3) is 4.96. The van der Waals surface area contributed by atoms with Gasteiger partial charge in [-0.1, -0.05) is 23.2 Å². The molecule has 0 aliphatic rings. The number of nitrogens with one attached hydrogen (secondary N) is 1. The minimum Gasteiger partial charge on any atom is -0.265 e. The highest BCUT2D eigenvalue weighted by Gasteiger charge is 2.17. The van der Waals surface area contributed by atoms with Gasteiger partial charge in [0, 0.05) is 21.7 Å². The molecule has 0 atom stereocenters. The van der Waals surface area contributed by atoms with Crippen molar-refractivity contribution in [3.8, 4) is 0 Å². The number of amidine groups is 1.